The number of ether oxygens (including phenoxy) is 2. The number of morpholine rings is 1. The molecular weight excluding hydrogens is 538 g/mol. The zero-order chi connectivity index (χ0) is 28.8. The molecule has 1 aromatic carbocycles. The number of hydrogen-bond acceptors (Lipinski definition) is 8. The number of nitrogens with zero attached hydrogens (tertiary/aromatic N) is 3. The number of piperazine rings is 1. The molecular formula is C27H35N5O7S. The lowest BCUT2D eigenvalue weighted by Crippen LogP contribution is -2.61. The van der Waals surface area contributed by atoms with Gasteiger partial charge in [-0.1, -0.05) is 6.07 Å². The average Bonchev–Trinajstić information content (AvgIpc) is 3.49. The lowest BCUT2D eigenvalue weighted by Gasteiger charge is -2.47. The zero-order valence-electron chi connectivity index (χ0n) is 22.8. The molecule has 0 radical (unpaired) electrons. The van der Waals surface area contributed by atoms with Crippen molar-refractivity contribution in [3.63, 3.8) is 0 Å². The number of hydrogen-bond donors (Lipinski definition) is 3. The van der Waals surface area contributed by atoms with Gasteiger partial charge in [0.1, 0.15) is 0 Å². The van der Waals surface area contributed by atoms with Gasteiger partial charge < -0.3 is 34.6 Å². The number of carbonyl (C=O) groups is 4. The van der Waals surface area contributed by atoms with Crippen LogP contribution in [0.25, 0.3) is 0 Å². The summed E-state index contributed by atoms with van der Waals surface area (Å²) < 4.78 is 10.2. The Balaban J connectivity index is 1.55. The maximum absolute atomic E-state index is 13.2. The SMILES string of the molecule is COC(=O)Nc1cc(C(=O)NC(CC(=O)O)c2cccs2)ccc1N1CC(C)N(C(=O)N2CCOCC2)CC1C. The molecule has 3 heterocycles. The normalized spacial score (nSPS) is 20.0. The van der Waals surface area contributed by atoms with Crippen LogP contribution >= 0.6 is 11.3 Å². The third-order valence-electron chi connectivity index (χ3n) is 7.07. The van der Waals surface area contributed by atoms with Gasteiger partial charge in [0.05, 0.1) is 44.2 Å². The van der Waals surface area contributed by atoms with Crippen molar-refractivity contribution in [3.8, 4) is 0 Å². The molecule has 3 atom stereocenters. The van der Waals surface area contributed by atoms with E-state index in [2.05, 4.69) is 15.5 Å². The Kier molecular flexibility index (Phi) is 9.48. The highest BCUT2D eigenvalue weighted by Gasteiger charge is 2.35. The van der Waals surface area contributed by atoms with Crippen LogP contribution in [0.15, 0.2) is 35.7 Å². The molecule has 40 heavy (non-hydrogen) atoms. The molecule has 2 fully saturated rings. The van der Waals surface area contributed by atoms with Crippen LogP contribution in [0.4, 0.5) is 21.0 Å². The van der Waals surface area contributed by atoms with Crippen molar-refractivity contribution in [3.05, 3.63) is 46.2 Å². The minimum atomic E-state index is -1.03. The third kappa shape index (κ3) is 6.83. The molecule has 4 rings (SSSR count). The fourth-order valence-corrected chi connectivity index (χ4v) is 5.76. The predicted molar refractivity (Wildman–Crippen MR) is 150 cm³/mol. The van der Waals surface area contributed by atoms with E-state index in [9.17, 15) is 24.3 Å². The third-order valence-corrected chi connectivity index (χ3v) is 8.06. The molecule has 12 nitrogen and oxygen atoms in total. The van der Waals surface area contributed by atoms with Crippen molar-refractivity contribution in [2.24, 2.45) is 0 Å². The number of carbonyl (C=O) groups excluding carboxylic acids is 3. The first-order chi connectivity index (χ1) is 19.2. The highest BCUT2D eigenvalue weighted by Crippen LogP contribution is 2.33. The molecule has 4 amide bonds. The van der Waals surface area contributed by atoms with E-state index in [1.54, 1.807) is 30.3 Å². The standard InChI is InChI=1S/C27H35N5O7S/c1-17-16-32(27(37)30-8-10-39-11-9-30)18(2)15-31(17)22-7-6-19(13-20(22)29-26(36)38-3)25(35)28-21(14-24(33)34)23-5-4-12-40-23/h4-7,12-13,17-18,21H,8-11,14-16H2,1-3H3,(H,28,35)(H,29,36)(H,33,34). The van der Waals surface area contributed by atoms with Gasteiger partial charge in [0.2, 0.25) is 0 Å². The summed E-state index contributed by atoms with van der Waals surface area (Å²) in [6, 6.07) is 7.62. The minimum absolute atomic E-state index is 0.0103. The van der Waals surface area contributed by atoms with Crippen LogP contribution in [0.1, 0.15) is 41.5 Å². The second kappa shape index (κ2) is 13.0. The van der Waals surface area contributed by atoms with Gasteiger partial charge in [0.25, 0.3) is 5.91 Å². The molecule has 216 valence electrons. The van der Waals surface area contributed by atoms with Crippen LogP contribution in [0, 0.1) is 0 Å². The van der Waals surface area contributed by atoms with E-state index in [0.717, 1.165) is 4.88 Å². The maximum atomic E-state index is 13.2. The van der Waals surface area contributed by atoms with E-state index in [-0.39, 0.29) is 30.1 Å². The monoisotopic (exact) mass is 573 g/mol. The van der Waals surface area contributed by atoms with Gasteiger partial charge in [0, 0.05) is 48.7 Å². The van der Waals surface area contributed by atoms with E-state index in [0.29, 0.717) is 50.8 Å². The summed E-state index contributed by atoms with van der Waals surface area (Å²) in [5, 5.41) is 16.7. The van der Waals surface area contributed by atoms with Crippen molar-refractivity contribution in [1.29, 1.82) is 0 Å². The summed E-state index contributed by atoms with van der Waals surface area (Å²) in [6.07, 6.45) is -0.955. The maximum Gasteiger partial charge on any atom is 0.411 e. The molecule has 1 aromatic heterocycles. The summed E-state index contributed by atoms with van der Waals surface area (Å²) in [6.45, 7) is 7.18. The fraction of sp³-hybridized carbons (Fsp3) is 0.481. The van der Waals surface area contributed by atoms with E-state index in [1.807, 2.05) is 29.0 Å². The first-order valence-corrected chi connectivity index (χ1v) is 14.0. The largest absolute Gasteiger partial charge is 0.481 e. The molecule has 2 aliphatic rings. The molecule has 2 aliphatic heterocycles. The first-order valence-electron chi connectivity index (χ1n) is 13.1. The minimum Gasteiger partial charge on any atom is -0.481 e. The molecule has 3 N–H and O–H groups in total. The summed E-state index contributed by atoms with van der Waals surface area (Å²) in [5.41, 5.74) is 1.31. The number of anilines is 2. The van der Waals surface area contributed by atoms with E-state index >= 15 is 0 Å². The predicted octanol–water partition coefficient (Wildman–Crippen LogP) is 3.22. The number of carboxylic acid groups (broad SMARTS) is 1. The van der Waals surface area contributed by atoms with Gasteiger partial charge >= 0.3 is 18.1 Å². The molecule has 13 heteroatoms. The van der Waals surface area contributed by atoms with Gasteiger partial charge in [-0.25, -0.2) is 9.59 Å². The van der Waals surface area contributed by atoms with Gasteiger partial charge in [-0.3, -0.25) is 14.9 Å². The lowest BCUT2D eigenvalue weighted by atomic mass is 10.0. The molecule has 0 saturated carbocycles. The van der Waals surface area contributed by atoms with E-state index in [1.165, 1.54) is 18.4 Å². The number of methoxy groups -OCH3 is 1. The molecule has 2 saturated heterocycles. The van der Waals surface area contributed by atoms with Crippen molar-refractivity contribution in [2.75, 3.05) is 56.7 Å². The Bertz CT molecular complexity index is 1220. The molecule has 0 aliphatic carbocycles. The van der Waals surface area contributed by atoms with E-state index < -0.39 is 24.0 Å². The molecule has 3 unspecified atom stereocenters. The van der Waals surface area contributed by atoms with Gasteiger partial charge in [-0.2, -0.15) is 0 Å². The average molecular weight is 574 g/mol. The Hall–Kier alpha value is -3.84. The second-order valence-corrected chi connectivity index (χ2v) is 10.9. The summed E-state index contributed by atoms with van der Waals surface area (Å²) in [7, 11) is 1.25. The topological polar surface area (TPSA) is 141 Å². The van der Waals surface area contributed by atoms with Crippen molar-refractivity contribution in [2.45, 2.75) is 38.4 Å². The number of benzene rings is 1. The Labute approximate surface area is 236 Å². The number of carboxylic acids is 1. The molecule has 0 spiro atoms. The van der Waals surface area contributed by atoms with Gasteiger partial charge in [-0.05, 0) is 43.5 Å². The lowest BCUT2D eigenvalue weighted by molar-refractivity contribution is -0.137. The highest BCUT2D eigenvalue weighted by atomic mass is 32.1. The summed E-state index contributed by atoms with van der Waals surface area (Å²) in [4.78, 5) is 56.5. The number of amides is 4. The van der Waals surface area contributed by atoms with Crippen LogP contribution in [-0.4, -0.2) is 97.5 Å². The van der Waals surface area contributed by atoms with Crippen LogP contribution in [0.3, 0.4) is 0 Å². The molecule has 2 aromatic rings. The summed E-state index contributed by atoms with van der Waals surface area (Å²) >= 11 is 1.36. The van der Waals surface area contributed by atoms with Crippen molar-refractivity contribution in [1.82, 2.24) is 15.1 Å². The van der Waals surface area contributed by atoms with Crippen LogP contribution in [0.5, 0.6) is 0 Å². The van der Waals surface area contributed by atoms with Crippen LogP contribution < -0.4 is 15.5 Å². The number of thiophene rings is 1. The van der Waals surface area contributed by atoms with Crippen molar-refractivity contribution >= 4 is 46.7 Å². The zero-order valence-corrected chi connectivity index (χ0v) is 23.6. The molecule has 0 bridgehead atoms. The van der Waals surface area contributed by atoms with E-state index in [4.69, 9.17) is 9.47 Å². The first kappa shape index (κ1) is 29.2. The Morgan fingerprint density at radius 3 is 2.52 bits per heavy atom. The quantitative estimate of drug-likeness (QED) is 0.459. The van der Waals surface area contributed by atoms with Crippen LogP contribution in [-0.2, 0) is 14.3 Å². The summed E-state index contributed by atoms with van der Waals surface area (Å²) in [5.74, 6) is -1.50. The smallest absolute Gasteiger partial charge is 0.411 e. The Morgan fingerprint density at radius 2 is 1.88 bits per heavy atom. The van der Waals surface area contributed by atoms with Gasteiger partial charge in [-0.15, -0.1) is 11.3 Å². The Morgan fingerprint density at radius 1 is 1.12 bits per heavy atom. The van der Waals surface area contributed by atoms with Crippen molar-refractivity contribution < 1.29 is 33.8 Å². The fourth-order valence-electron chi connectivity index (χ4n) is 4.98. The van der Waals surface area contributed by atoms with Crippen LogP contribution in [0.2, 0.25) is 0 Å². The highest BCUT2D eigenvalue weighted by molar-refractivity contribution is 7.10. The second-order valence-electron chi connectivity index (χ2n) is 9.87. The van der Waals surface area contributed by atoms with Gasteiger partial charge in [0.15, 0.2) is 0 Å². The number of aliphatic carboxylic acids is 1. The number of nitrogens with one attached hydrogen (secondary N) is 2. The number of urea groups is 1. The number of rotatable bonds is 7.